The van der Waals surface area contributed by atoms with Crippen molar-refractivity contribution in [1.29, 1.82) is 0 Å². The van der Waals surface area contributed by atoms with Crippen molar-refractivity contribution in [1.82, 2.24) is 15.0 Å². The van der Waals surface area contributed by atoms with Crippen LogP contribution in [0.3, 0.4) is 0 Å². The number of nitrogens with two attached hydrogens (primary N) is 1. The lowest BCUT2D eigenvalue weighted by molar-refractivity contribution is 0.737. The second-order valence-electron chi connectivity index (χ2n) is 3.73. The molecule has 0 saturated heterocycles. The Morgan fingerprint density at radius 2 is 1.93 bits per heavy atom. The predicted octanol–water partition coefficient (Wildman–Crippen LogP) is 2.20. The molecule has 0 fully saturated rings. The topological polar surface area (TPSA) is 67.6 Å². The molecule has 0 aliphatic carbocycles. The van der Waals surface area contributed by atoms with Crippen molar-refractivity contribution >= 4 is 16.9 Å². The van der Waals surface area contributed by atoms with E-state index >= 15 is 0 Å². The molecule has 0 saturated carbocycles. The van der Waals surface area contributed by atoms with Gasteiger partial charge in [-0.1, -0.05) is 20.8 Å². The second-order valence-corrected chi connectivity index (χ2v) is 3.73. The van der Waals surface area contributed by atoms with Gasteiger partial charge >= 0.3 is 0 Å². The van der Waals surface area contributed by atoms with Crippen LogP contribution in [0.1, 0.15) is 20.8 Å². The number of nitrogen functional groups attached to an aromatic ring is 1. The van der Waals surface area contributed by atoms with Crippen LogP contribution in [0, 0.1) is 5.92 Å². The number of aromatic amines is 1. The first-order valence-corrected chi connectivity index (χ1v) is 4.65. The van der Waals surface area contributed by atoms with E-state index in [-0.39, 0.29) is 0 Å². The van der Waals surface area contributed by atoms with Gasteiger partial charge in [0.15, 0.2) is 0 Å². The molecule has 0 spiro atoms. The third kappa shape index (κ3) is 2.73. The fourth-order valence-corrected chi connectivity index (χ4v) is 0.892. The highest BCUT2D eigenvalue weighted by molar-refractivity contribution is 5.85. The van der Waals surface area contributed by atoms with E-state index in [4.69, 9.17) is 5.73 Å². The maximum Gasteiger partial charge on any atom is 0.142 e. The van der Waals surface area contributed by atoms with Crippen LogP contribution in [0.2, 0.25) is 0 Å². The largest absolute Gasteiger partial charge is 0.383 e. The number of nitrogens with zero attached hydrogens (tertiary/aromatic N) is 2. The van der Waals surface area contributed by atoms with Crippen LogP contribution in [-0.4, -0.2) is 15.0 Å². The maximum atomic E-state index is 5.53. The maximum absolute atomic E-state index is 5.53. The summed E-state index contributed by atoms with van der Waals surface area (Å²) >= 11 is 0. The summed E-state index contributed by atoms with van der Waals surface area (Å²) in [6, 6.07) is 1.85. The minimum atomic E-state index is 0.520. The molecule has 0 bridgehead atoms. The summed E-state index contributed by atoms with van der Waals surface area (Å²) in [6.45, 7) is 6.50. The van der Waals surface area contributed by atoms with Crippen LogP contribution in [0.15, 0.2) is 18.6 Å². The van der Waals surface area contributed by atoms with Crippen molar-refractivity contribution in [2.45, 2.75) is 20.8 Å². The van der Waals surface area contributed by atoms with E-state index in [1.54, 1.807) is 6.20 Å². The molecule has 2 rings (SSSR count). The van der Waals surface area contributed by atoms with E-state index in [1.165, 1.54) is 6.33 Å². The molecule has 0 radical (unpaired) electrons. The minimum absolute atomic E-state index is 0.520. The molecule has 0 atom stereocenters. The van der Waals surface area contributed by atoms with E-state index in [0.717, 1.165) is 17.0 Å². The molecule has 0 aliphatic heterocycles. The van der Waals surface area contributed by atoms with Gasteiger partial charge in [-0.3, -0.25) is 0 Å². The Bertz CT molecular complexity index is 389. The van der Waals surface area contributed by atoms with Gasteiger partial charge in [0.25, 0.3) is 0 Å². The lowest BCUT2D eigenvalue weighted by Gasteiger charge is -1.90. The number of anilines is 1. The Balaban J connectivity index is 0.000000213. The monoisotopic (exact) mass is 192 g/mol. The van der Waals surface area contributed by atoms with E-state index < -0.39 is 0 Å². The molecule has 4 heteroatoms. The second kappa shape index (κ2) is 4.60. The van der Waals surface area contributed by atoms with Crippen molar-refractivity contribution in [2.24, 2.45) is 5.92 Å². The highest BCUT2D eigenvalue weighted by Crippen LogP contribution is 2.12. The van der Waals surface area contributed by atoms with Crippen LogP contribution in [0.25, 0.3) is 11.0 Å². The SMILES string of the molecule is CC(C)C.Nc1ncnc2[nH]ccc12. The van der Waals surface area contributed by atoms with Crippen molar-refractivity contribution in [2.75, 3.05) is 5.73 Å². The number of hydrogen-bond acceptors (Lipinski definition) is 3. The van der Waals surface area contributed by atoms with Crippen LogP contribution in [0.4, 0.5) is 5.82 Å². The molecule has 14 heavy (non-hydrogen) atoms. The first-order chi connectivity index (χ1) is 6.61. The minimum Gasteiger partial charge on any atom is -0.383 e. The zero-order valence-corrected chi connectivity index (χ0v) is 8.78. The molecule has 0 unspecified atom stereocenters. The fraction of sp³-hybridized carbons (Fsp3) is 0.400. The number of rotatable bonds is 0. The van der Waals surface area contributed by atoms with Gasteiger partial charge in [-0.25, -0.2) is 9.97 Å². The molecule has 0 aromatic carbocycles. The lowest BCUT2D eigenvalue weighted by atomic mass is 10.3. The van der Waals surface area contributed by atoms with Crippen LogP contribution in [-0.2, 0) is 0 Å². The number of H-pyrrole nitrogens is 1. The Labute approximate surface area is 83.6 Å². The molecule has 2 aromatic heterocycles. The summed E-state index contributed by atoms with van der Waals surface area (Å²) in [5, 5.41) is 0.877. The third-order valence-electron chi connectivity index (χ3n) is 1.38. The van der Waals surface area contributed by atoms with Crippen molar-refractivity contribution in [3.8, 4) is 0 Å². The standard InChI is InChI=1S/C6H6N4.C4H10/c7-5-4-1-2-8-6(4)10-3-9-5;1-4(2)3/h1-3H,(H3,7,8,9,10);4H,1-3H3. The average Bonchev–Trinajstić information content (AvgIpc) is 2.52. The molecule has 3 N–H and O–H groups in total. The number of aromatic nitrogens is 3. The van der Waals surface area contributed by atoms with Gasteiger partial charge in [-0.15, -0.1) is 0 Å². The highest BCUT2D eigenvalue weighted by atomic mass is 15.0. The zero-order valence-electron chi connectivity index (χ0n) is 8.78. The van der Waals surface area contributed by atoms with Gasteiger partial charge in [-0.2, -0.15) is 0 Å². The lowest BCUT2D eigenvalue weighted by Crippen LogP contribution is -1.90. The van der Waals surface area contributed by atoms with Crippen LogP contribution >= 0.6 is 0 Å². The first kappa shape index (κ1) is 10.5. The van der Waals surface area contributed by atoms with Crippen molar-refractivity contribution in [3.63, 3.8) is 0 Å². The molecular weight excluding hydrogens is 176 g/mol. The Morgan fingerprint density at radius 3 is 2.50 bits per heavy atom. The molecule has 4 nitrogen and oxygen atoms in total. The van der Waals surface area contributed by atoms with Crippen LogP contribution < -0.4 is 5.73 Å². The Kier molecular flexibility index (Phi) is 3.45. The quantitative estimate of drug-likeness (QED) is 0.672. The smallest absolute Gasteiger partial charge is 0.142 e. The first-order valence-electron chi connectivity index (χ1n) is 4.65. The van der Waals surface area contributed by atoms with Gasteiger partial charge < -0.3 is 10.7 Å². The highest BCUT2D eigenvalue weighted by Gasteiger charge is 1.97. The third-order valence-corrected chi connectivity index (χ3v) is 1.38. The molecule has 0 amide bonds. The van der Waals surface area contributed by atoms with E-state index in [1.807, 2.05) is 6.07 Å². The van der Waals surface area contributed by atoms with Gasteiger partial charge in [0.05, 0.1) is 5.39 Å². The molecule has 2 heterocycles. The normalized spacial score (nSPS) is 10.0. The van der Waals surface area contributed by atoms with Gasteiger partial charge in [0.1, 0.15) is 17.8 Å². The number of fused-ring (bicyclic) bond motifs is 1. The Hall–Kier alpha value is -1.58. The Morgan fingerprint density at radius 1 is 1.29 bits per heavy atom. The van der Waals surface area contributed by atoms with E-state index in [2.05, 4.69) is 35.7 Å². The van der Waals surface area contributed by atoms with E-state index in [9.17, 15) is 0 Å². The summed E-state index contributed by atoms with van der Waals surface area (Å²) < 4.78 is 0. The molecule has 0 aliphatic rings. The summed E-state index contributed by atoms with van der Waals surface area (Å²) in [6.07, 6.45) is 3.23. The molecule has 76 valence electrons. The fourth-order valence-electron chi connectivity index (χ4n) is 0.892. The van der Waals surface area contributed by atoms with Gasteiger partial charge in [0, 0.05) is 6.20 Å². The number of nitrogens with one attached hydrogen (secondary N) is 1. The van der Waals surface area contributed by atoms with Crippen molar-refractivity contribution in [3.05, 3.63) is 18.6 Å². The summed E-state index contributed by atoms with van der Waals surface area (Å²) in [7, 11) is 0. The average molecular weight is 192 g/mol. The van der Waals surface area contributed by atoms with E-state index in [0.29, 0.717) is 5.82 Å². The predicted molar refractivity (Wildman–Crippen MR) is 58.8 cm³/mol. The van der Waals surface area contributed by atoms with Crippen molar-refractivity contribution < 1.29 is 0 Å². The zero-order chi connectivity index (χ0) is 10.6. The summed E-state index contributed by atoms with van der Waals surface area (Å²) in [5.41, 5.74) is 6.31. The summed E-state index contributed by atoms with van der Waals surface area (Å²) in [5.74, 6) is 1.35. The van der Waals surface area contributed by atoms with Crippen LogP contribution in [0.5, 0.6) is 0 Å². The summed E-state index contributed by atoms with van der Waals surface area (Å²) in [4.78, 5) is 10.7. The molecule has 2 aromatic rings. The van der Waals surface area contributed by atoms with Gasteiger partial charge in [-0.05, 0) is 12.0 Å². The van der Waals surface area contributed by atoms with Gasteiger partial charge in [0.2, 0.25) is 0 Å². The molecular formula is C10H16N4. The number of hydrogen-bond donors (Lipinski definition) is 2.